The smallest absolute Gasteiger partial charge is 0.875 e. The molecular formula is C12H16ClLiO6S2. The molecule has 1 unspecified atom stereocenters. The molecule has 0 spiro atoms. The van der Waals surface area contributed by atoms with Crippen LogP contribution in [0.5, 0.6) is 0 Å². The van der Waals surface area contributed by atoms with E-state index in [2.05, 4.69) is 9.47 Å². The van der Waals surface area contributed by atoms with Crippen LogP contribution in [0, 0.1) is 5.92 Å². The molecule has 22 heavy (non-hydrogen) atoms. The SMILES string of the molecule is COC(=O)C1=C([O-])CSC1.COC(=O)C1CSCC1=O.Cl.[Li+]. The molecule has 0 aromatic rings. The maximum absolute atomic E-state index is 10.9. The Hall–Kier alpha value is -0.263. The summed E-state index contributed by atoms with van der Waals surface area (Å²) in [4.78, 5) is 32.4. The van der Waals surface area contributed by atoms with Crippen molar-refractivity contribution < 1.29 is 47.8 Å². The third-order valence-corrected chi connectivity index (χ3v) is 4.67. The zero-order valence-corrected chi connectivity index (χ0v) is 15.0. The molecule has 0 bridgehead atoms. The van der Waals surface area contributed by atoms with E-state index in [-0.39, 0.29) is 42.8 Å². The molecule has 1 fully saturated rings. The van der Waals surface area contributed by atoms with E-state index < -0.39 is 17.9 Å². The van der Waals surface area contributed by atoms with E-state index in [1.807, 2.05) is 0 Å². The molecule has 0 aromatic carbocycles. The Morgan fingerprint density at radius 1 is 1.14 bits per heavy atom. The average Bonchev–Trinajstić information content (AvgIpc) is 3.06. The molecule has 10 heteroatoms. The molecule has 120 valence electrons. The van der Waals surface area contributed by atoms with Gasteiger partial charge in [0, 0.05) is 22.8 Å². The fourth-order valence-electron chi connectivity index (χ4n) is 1.52. The molecule has 2 heterocycles. The second-order valence-electron chi connectivity index (χ2n) is 3.94. The van der Waals surface area contributed by atoms with E-state index in [1.54, 1.807) is 0 Å². The quantitative estimate of drug-likeness (QED) is 0.292. The van der Waals surface area contributed by atoms with Crippen molar-refractivity contribution in [2.24, 2.45) is 5.92 Å². The normalized spacial score (nSPS) is 19.4. The minimum Gasteiger partial charge on any atom is -0.875 e. The molecule has 6 nitrogen and oxygen atoms in total. The van der Waals surface area contributed by atoms with Gasteiger partial charge in [-0.3, -0.25) is 9.59 Å². The van der Waals surface area contributed by atoms with E-state index in [9.17, 15) is 19.5 Å². The summed E-state index contributed by atoms with van der Waals surface area (Å²) in [5.41, 5.74) is 0.299. The molecule has 0 aromatic heterocycles. The van der Waals surface area contributed by atoms with Gasteiger partial charge in [0.2, 0.25) is 0 Å². The van der Waals surface area contributed by atoms with Gasteiger partial charge < -0.3 is 14.6 Å². The van der Waals surface area contributed by atoms with Crippen LogP contribution in [0.1, 0.15) is 0 Å². The second kappa shape index (κ2) is 12.2. The Labute approximate surface area is 155 Å². The van der Waals surface area contributed by atoms with Crippen molar-refractivity contribution >= 4 is 53.7 Å². The summed E-state index contributed by atoms with van der Waals surface area (Å²) in [5, 5.41) is 10.8. The standard InChI is InChI=1S/2C6H8O3S.ClH.Li/c2*1-9-6(8)4-2-10-3-5(4)7;;/h7H,2-3H2,1H3;4H,2-3H2,1H3;1H;/q;;;+1/p-1. The van der Waals surface area contributed by atoms with Crippen molar-refractivity contribution in [2.75, 3.05) is 37.2 Å². The monoisotopic (exact) mass is 362 g/mol. The van der Waals surface area contributed by atoms with Crippen molar-refractivity contribution in [1.29, 1.82) is 0 Å². The van der Waals surface area contributed by atoms with Gasteiger partial charge in [-0.25, -0.2) is 4.79 Å². The van der Waals surface area contributed by atoms with E-state index in [0.717, 1.165) is 0 Å². The predicted molar refractivity (Wildman–Crippen MR) is 81.5 cm³/mol. The van der Waals surface area contributed by atoms with Gasteiger partial charge >= 0.3 is 30.8 Å². The summed E-state index contributed by atoms with van der Waals surface area (Å²) in [6.07, 6.45) is 0. The van der Waals surface area contributed by atoms with Gasteiger partial charge in [0.25, 0.3) is 0 Å². The minimum absolute atomic E-state index is 0. The Morgan fingerprint density at radius 3 is 2.14 bits per heavy atom. The van der Waals surface area contributed by atoms with E-state index in [1.165, 1.54) is 37.7 Å². The van der Waals surface area contributed by atoms with Crippen molar-refractivity contribution in [3.63, 3.8) is 0 Å². The third kappa shape index (κ3) is 6.88. The van der Waals surface area contributed by atoms with Crippen LogP contribution in [-0.4, -0.2) is 55.0 Å². The Morgan fingerprint density at radius 2 is 1.77 bits per heavy atom. The number of thioether (sulfide) groups is 2. The van der Waals surface area contributed by atoms with Gasteiger partial charge in [-0.1, -0.05) is 0 Å². The maximum atomic E-state index is 10.9. The number of ether oxygens (including phenoxy) is 2. The van der Waals surface area contributed by atoms with E-state index >= 15 is 0 Å². The zero-order chi connectivity index (χ0) is 15.1. The first-order valence-electron chi connectivity index (χ1n) is 5.74. The first-order valence-corrected chi connectivity index (χ1v) is 8.05. The summed E-state index contributed by atoms with van der Waals surface area (Å²) in [6, 6.07) is 0. The van der Waals surface area contributed by atoms with Gasteiger partial charge in [-0.15, -0.1) is 18.2 Å². The topological polar surface area (TPSA) is 92.7 Å². The molecule has 2 aliphatic heterocycles. The number of hydrogen-bond donors (Lipinski definition) is 0. The van der Waals surface area contributed by atoms with Crippen molar-refractivity contribution in [2.45, 2.75) is 0 Å². The molecule has 1 atom stereocenters. The number of halogens is 1. The van der Waals surface area contributed by atoms with Crippen molar-refractivity contribution in [3.05, 3.63) is 11.3 Å². The van der Waals surface area contributed by atoms with Crippen LogP contribution in [0.15, 0.2) is 11.3 Å². The molecule has 0 N–H and O–H groups in total. The number of rotatable bonds is 2. The molecule has 2 aliphatic rings. The van der Waals surface area contributed by atoms with Crippen LogP contribution in [0.4, 0.5) is 0 Å². The average molecular weight is 363 g/mol. The summed E-state index contributed by atoms with van der Waals surface area (Å²) in [7, 11) is 2.59. The van der Waals surface area contributed by atoms with Crippen molar-refractivity contribution in [1.82, 2.24) is 0 Å². The second-order valence-corrected chi connectivity index (χ2v) is 5.96. The molecule has 0 radical (unpaired) electrons. The third-order valence-electron chi connectivity index (χ3n) is 2.65. The minimum atomic E-state index is -0.491. The number of hydrogen-bond acceptors (Lipinski definition) is 8. The Bertz CT molecular complexity index is 443. The first kappa shape index (κ1) is 24.0. The summed E-state index contributed by atoms with van der Waals surface area (Å²) in [5.74, 6) is 0.523. The molecular weight excluding hydrogens is 347 g/mol. The number of methoxy groups -OCH3 is 2. The molecule has 0 saturated carbocycles. The predicted octanol–water partition coefficient (Wildman–Crippen LogP) is -2.96. The zero-order valence-electron chi connectivity index (χ0n) is 12.6. The number of esters is 2. The van der Waals surface area contributed by atoms with Crippen LogP contribution in [0.3, 0.4) is 0 Å². The van der Waals surface area contributed by atoms with E-state index in [4.69, 9.17) is 0 Å². The van der Waals surface area contributed by atoms with Gasteiger partial charge in [-0.05, 0) is 0 Å². The van der Waals surface area contributed by atoms with Crippen LogP contribution >= 0.6 is 35.9 Å². The Kier molecular flexibility index (Phi) is 13.3. The molecule has 0 amide bonds. The fourth-order valence-corrected chi connectivity index (χ4v) is 3.54. The maximum Gasteiger partial charge on any atom is 1.00 e. The number of ketones is 1. The summed E-state index contributed by atoms with van der Waals surface area (Å²) < 4.78 is 8.83. The van der Waals surface area contributed by atoms with Gasteiger partial charge in [-0.2, -0.15) is 23.5 Å². The summed E-state index contributed by atoms with van der Waals surface area (Å²) >= 11 is 2.93. The number of Topliss-reactive ketones (excluding diaryl/α,β-unsaturated/α-hetero) is 1. The van der Waals surface area contributed by atoms with Crippen LogP contribution in [0.25, 0.3) is 0 Å². The number of carbonyl (C=O) groups is 3. The van der Waals surface area contributed by atoms with Gasteiger partial charge in [0.1, 0.15) is 5.92 Å². The van der Waals surface area contributed by atoms with Crippen LogP contribution in [0.2, 0.25) is 0 Å². The van der Waals surface area contributed by atoms with Gasteiger partial charge in [0.05, 0.1) is 20.0 Å². The molecule has 1 saturated heterocycles. The number of carbonyl (C=O) groups excluding carboxylic acids is 3. The summed E-state index contributed by atoms with van der Waals surface area (Å²) in [6.45, 7) is 0. The molecule has 2 rings (SSSR count). The largest absolute Gasteiger partial charge is 1.00 e. The van der Waals surface area contributed by atoms with Crippen LogP contribution in [-0.2, 0) is 23.9 Å². The first-order chi connectivity index (χ1) is 9.51. The Balaban J connectivity index is 0. The van der Waals surface area contributed by atoms with E-state index in [0.29, 0.717) is 28.6 Å². The van der Waals surface area contributed by atoms with Crippen LogP contribution < -0.4 is 24.0 Å². The fraction of sp³-hybridized carbons (Fsp3) is 0.583. The van der Waals surface area contributed by atoms with Gasteiger partial charge in [0.15, 0.2) is 5.78 Å². The molecule has 0 aliphatic carbocycles. The van der Waals surface area contributed by atoms with Crippen molar-refractivity contribution in [3.8, 4) is 0 Å².